The molecule has 2 aromatic carbocycles. The molecule has 2 N–H and O–H groups in total. The van der Waals surface area contributed by atoms with Gasteiger partial charge in [0.2, 0.25) is 12.4 Å². The summed E-state index contributed by atoms with van der Waals surface area (Å²) in [6, 6.07) is 13.2. The van der Waals surface area contributed by atoms with Gasteiger partial charge in [-0.2, -0.15) is 0 Å². The van der Waals surface area contributed by atoms with Crippen LogP contribution in [0.15, 0.2) is 76.4 Å². The molecule has 0 spiro atoms. The third kappa shape index (κ3) is 4.47. The van der Waals surface area contributed by atoms with Crippen molar-refractivity contribution in [3.63, 3.8) is 0 Å². The van der Waals surface area contributed by atoms with Gasteiger partial charge in [-0.05, 0) is 42.5 Å². The number of benzene rings is 2. The van der Waals surface area contributed by atoms with Crippen molar-refractivity contribution < 1.29 is 23.1 Å². The van der Waals surface area contributed by atoms with E-state index in [-0.39, 0.29) is 26.7 Å². The first-order chi connectivity index (χ1) is 12.8. The third-order valence-electron chi connectivity index (χ3n) is 3.67. The molecule has 0 aliphatic heterocycles. The number of hydrogen-bond donors (Lipinski definition) is 2. The third-order valence-corrected chi connectivity index (χ3v) is 5.82. The van der Waals surface area contributed by atoms with E-state index in [1.807, 2.05) is 0 Å². The number of hydrogen-bond acceptors (Lipinski definition) is 4. The number of anilines is 1. The molecule has 3 aromatic rings. The van der Waals surface area contributed by atoms with Crippen LogP contribution in [-0.2, 0) is 10.0 Å². The van der Waals surface area contributed by atoms with E-state index in [0.29, 0.717) is 0 Å². The van der Waals surface area contributed by atoms with E-state index in [2.05, 4.69) is 20.7 Å². The van der Waals surface area contributed by atoms with Crippen molar-refractivity contribution in [3.05, 3.63) is 87.6 Å². The Morgan fingerprint density at radius 3 is 2.30 bits per heavy atom. The number of rotatable bonds is 5. The van der Waals surface area contributed by atoms with Gasteiger partial charge in [0, 0.05) is 37.5 Å². The van der Waals surface area contributed by atoms with Gasteiger partial charge in [-0.25, -0.2) is 8.42 Å². The number of nitrogens with one attached hydrogen (secondary N) is 1. The summed E-state index contributed by atoms with van der Waals surface area (Å²) >= 11 is 9.26. The predicted octanol–water partition coefficient (Wildman–Crippen LogP) is 3.66. The second kappa shape index (κ2) is 7.67. The van der Waals surface area contributed by atoms with Gasteiger partial charge >= 0.3 is 0 Å². The van der Waals surface area contributed by atoms with Crippen molar-refractivity contribution in [2.24, 2.45) is 0 Å². The molecule has 0 saturated carbocycles. The maximum absolute atomic E-state index is 12.8. The maximum Gasteiger partial charge on any atom is 0.261 e. The van der Waals surface area contributed by atoms with Crippen LogP contribution in [0, 0.1) is 0 Å². The highest BCUT2D eigenvalue weighted by Gasteiger charge is 2.20. The van der Waals surface area contributed by atoms with Crippen LogP contribution in [0.3, 0.4) is 0 Å². The zero-order valence-electron chi connectivity index (χ0n) is 13.6. The van der Waals surface area contributed by atoms with E-state index in [1.165, 1.54) is 54.9 Å². The highest BCUT2D eigenvalue weighted by atomic mass is 79.9. The Bertz CT molecular complexity index is 1100. The summed E-state index contributed by atoms with van der Waals surface area (Å²) < 4.78 is 29.3. The number of halogens is 2. The minimum Gasteiger partial charge on any atom is -0.289 e. The average molecular weight is 469 g/mol. The Balaban J connectivity index is 2.00. The highest BCUT2D eigenvalue weighted by Crippen LogP contribution is 2.26. The van der Waals surface area contributed by atoms with Crippen LogP contribution in [0.5, 0.6) is 0 Å². The number of aromatic nitrogens is 1. The summed E-state index contributed by atoms with van der Waals surface area (Å²) in [6.45, 7) is 0. The predicted molar refractivity (Wildman–Crippen MR) is 104 cm³/mol. The van der Waals surface area contributed by atoms with Gasteiger partial charge in [0.25, 0.3) is 10.0 Å². The molecule has 3 rings (SSSR count). The maximum atomic E-state index is 12.8. The summed E-state index contributed by atoms with van der Waals surface area (Å²) in [7, 11) is -3.90. The fourth-order valence-corrected chi connectivity index (χ4v) is 3.85. The number of pyridine rings is 1. The van der Waals surface area contributed by atoms with Gasteiger partial charge in [-0.3, -0.25) is 14.7 Å². The topological polar surface area (TPSA) is 87.3 Å². The van der Waals surface area contributed by atoms with Crippen LogP contribution in [0.2, 0.25) is 5.02 Å². The molecule has 27 heavy (non-hydrogen) atoms. The number of sulfonamides is 1. The zero-order valence-corrected chi connectivity index (χ0v) is 16.8. The molecule has 0 amide bonds. The molecule has 1 heterocycles. The highest BCUT2D eigenvalue weighted by molar-refractivity contribution is 9.10. The normalized spacial score (nSPS) is 11.2. The molecule has 138 valence electrons. The molecule has 9 heteroatoms. The van der Waals surface area contributed by atoms with Crippen LogP contribution >= 0.6 is 27.5 Å². The van der Waals surface area contributed by atoms with E-state index in [1.54, 1.807) is 12.1 Å². The first kappa shape index (κ1) is 19.3. The second-order valence-electron chi connectivity index (χ2n) is 5.55. The molecule has 0 aliphatic rings. The number of ketones is 1. The Hall–Kier alpha value is -2.42. The standard InChI is InChI=1S/C18H12BrClN2O4S/c19-13-1-4-15(5-2-13)27(25,26)21-17-6-3-14(20)11-16(17)18(23)12-7-9-22(24)10-8-12/h1-11H,(H-,21,23,24)/p+1. The van der Waals surface area contributed by atoms with Crippen LogP contribution in [0.1, 0.15) is 15.9 Å². The van der Waals surface area contributed by atoms with Crippen LogP contribution in [-0.4, -0.2) is 19.4 Å². The van der Waals surface area contributed by atoms with E-state index >= 15 is 0 Å². The molecule has 0 aliphatic carbocycles. The van der Waals surface area contributed by atoms with Gasteiger partial charge in [-0.1, -0.05) is 27.5 Å². The molecular formula is C18H13BrClN2O4S+. The summed E-state index contributed by atoms with van der Waals surface area (Å²) in [5, 5.41) is 9.59. The second-order valence-corrected chi connectivity index (χ2v) is 8.58. The Morgan fingerprint density at radius 2 is 1.67 bits per heavy atom. The summed E-state index contributed by atoms with van der Waals surface area (Å²) in [5.74, 6) is -0.438. The molecule has 6 nitrogen and oxygen atoms in total. The van der Waals surface area contributed by atoms with Crippen LogP contribution in [0.4, 0.5) is 5.69 Å². The average Bonchev–Trinajstić information content (AvgIpc) is 2.63. The lowest BCUT2D eigenvalue weighted by Crippen LogP contribution is -2.28. The molecule has 0 unspecified atom stereocenters. The SMILES string of the molecule is O=C(c1cc[n+](O)cc1)c1cc(Cl)ccc1NS(=O)(=O)c1ccc(Br)cc1. The van der Waals surface area contributed by atoms with Gasteiger partial charge in [0.1, 0.15) is 0 Å². The summed E-state index contributed by atoms with van der Waals surface area (Å²) in [4.78, 5) is 12.9. The van der Waals surface area contributed by atoms with Crippen LogP contribution in [0.25, 0.3) is 0 Å². The fraction of sp³-hybridized carbons (Fsp3) is 0. The van der Waals surface area contributed by atoms with E-state index in [0.717, 1.165) is 9.20 Å². The molecule has 0 fully saturated rings. The Morgan fingerprint density at radius 1 is 1.04 bits per heavy atom. The van der Waals surface area contributed by atoms with E-state index in [4.69, 9.17) is 11.6 Å². The van der Waals surface area contributed by atoms with Crippen molar-refractivity contribution in [1.82, 2.24) is 0 Å². The summed E-state index contributed by atoms with van der Waals surface area (Å²) in [6.07, 6.45) is 2.59. The van der Waals surface area contributed by atoms with Crippen molar-refractivity contribution >= 4 is 49.0 Å². The van der Waals surface area contributed by atoms with E-state index < -0.39 is 15.8 Å². The molecular weight excluding hydrogens is 456 g/mol. The Labute approximate surface area is 169 Å². The first-order valence-corrected chi connectivity index (χ1v) is 10.2. The molecule has 0 saturated heterocycles. The lowest BCUT2D eigenvalue weighted by Gasteiger charge is -2.12. The number of nitrogens with zero attached hydrogens (tertiary/aromatic N) is 1. The smallest absolute Gasteiger partial charge is 0.261 e. The minimum atomic E-state index is -3.90. The number of carbonyl (C=O) groups is 1. The van der Waals surface area contributed by atoms with Gasteiger partial charge in [0.05, 0.1) is 10.6 Å². The van der Waals surface area contributed by atoms with Gasteiger partial charge in [0.15, 0.2) is 5.78 Å². The number of carbonyl (C=O) groups excluding carboxylic acids is 1. The van der Waals surface area contributed by atoms with Gasteiger partial charge < -0.3 is 0 Å². The first-order valence-electron chi connectivity index (χ1n) is 7.59. The van der Waals surface area contributed by atoms with E-state index in [9.17, 15) is 18.4 Å². The molecule has 0 radical (unpaired) electrons. The van der Waals surface area contributed by atoms with Crippen molar-refractivity contribution in [2.75, 3.05) is 4.72 Å². The summed E-state index contributed by atoms with van der Waals surface area (Å²) in [5.41, 5.74) is 0.471. The lowest BCUT2D eigenvalue weighted by atomic mass is 10.0. The van der Waals surface area contributed by atoms with Gasteiger partial charge in [-0.15, -0.1) is 0 Å². The molecule has 1 aromatic heterocycles. The van der Waals surface area contributed by atoms with Crippen LogP contribution < -0.4 is 9.45 Å². The fourth-order valence-electron chi connectivity index (χ4n) is 2.34. The quantitative estimate of drug-likeness (QED) is 0.340. The molecule has 0 bridgehead atoms. The zero-order chi connectivity index (χ0) is 19.6. The Kier molecular flexibility index (Phi) is 5.50. The largest absolute Gasteiger partial charge is 0.289 e. The molecule has 0 atom stereocenters. The van der Waals surface area contributed by atoms with Crippen molar-refractivity contribution in [3.8, 4) is 0 Å². The minimum absolute atomic E-state index is 0.0556. The monoisotopic (exact) mass is 467 g/mol. The lowest BCUT2D eigenvalue weighted by molar-refractivity contribution is -0.904. The van der Waals surface area contributed by atoms with Crippen molar-refractivity contribution in [2.45, 2.75) is 4.90 Å². The van der Waals surface area contributed by atoms with Crippen molar-refractivity contribution in [1.29, 1.82) is 0 Å².